The second-order valence-corrected chi connectivity index (χ2v) is 8.31. The van der Waals surface area contributed by atoms with Gasteiger partial charge in [0.25, 0.3) is 10.1 Å². The highest BCUT2D eigenvalue weighted by Gasteiger charge is 2.06. The molecule has 0 heterocycles. The lowest BCUT2D eigenvalue weighted by Crippen LogP contribution is -2.05. The van der Waals surface area contributed by atoms with Crippen molar-refractivity contribution in [3.63, 3.8) is 0 Å². The summed E-state index contributed by atoms with van der Waals surface area (Å²) in [5.74, 6) is -0.214. The molecular weight excluding hydrogens is 224 g/mol. The summed E-state index contributed by atoms with van der Waals surface area (Å²) >= 11 is 0. The largest absolute Gasteiger partial charge is 0.286 e. The van der Waals surface area contributed by atoms with Crippen LogP contribution in [0.5, 0.6) is 0 Å². The maximum atomic E-state index is 10.5. The van der Waals surface area contributed by atoms with Crippen molar-refractivity contribution in [3.8, 4) is 0 Å². The van der Waals surface area contributed by atoms with Gasteiger partial charge in [0.2, 0.25) is 0 Å². The third-order valence-electron chi connectivity index (χ3n) is 0.844. The third-order valence-corrected chi connectivity index (χ3v) is 4.32. The molecule has 0 rings (SSSR count). The second kappa shape index (κ2) is 4.45. The quantitative estimate of drug-likeness (QED) is 0.408. The summed E-state index contributed by atoms with van der Waals surface area (Å²) in [5, 5.41) is 0. The summed E-state index contributed by atoms with van der Waals surface area (Å²) in [6, 6.07) is 0. The summed E-state index contributed by atoms with van der Waals surface area (Å²) in [5.41, 5.74) is 0. The Labute approximate surface area is 75.6 Å². The molecule has 0 aliphatic carbocycles. The van der Waals surface area contributed by atoms with E-state index in [1.807, 2.05) is 0 Å². The normalized spacial score (nSPS) is 13.2. The van der Waals surface area contributed by atoms with Gasteiger partial charge in [0.05, 0.1) is 5.75 Å². The maximum absolute atomic E-state index is 10.5. The van der Waals surface area contributed by atoms with Gasteiger partial charge in [-0.3, -0.25) is 4.55 Å². The van der Waals surface area contributed by atoms with Crippen LogP contribution in [0.4, 0.5) is 0 Å². The molecule has 5 nitrogen and oxygen atoms in total. The molecule has 0 saturated heterocycles. The molecule has 0 radical (unpaired) electrons. The highest BCUT2D eigenvalue weighted by Crippen LogP contribution is 2.10. The molecule has 0 aliphatic rings. The van der Waals surface area contributed by atoms with Crippen molar-refractivity contribution in [2.24, 2.45) is 0 Å². The number of hydrogen-bond donors (Lipinski definition) is 1. The molecule has 0 bridgehead atoms. The highest BCUT2D eigenvalue weighted by molar-refractivity contribution is 8.71. The van der Waals surface area contributed by atoms with Gasteiger partial charge in [0, 0.05) is 12.0 Å². The summed E-state index contributed by atoms with van der Waals surface area (Å²) in [6.45, 7) is 0. The first kappa shape index (κ1) is 12.2. The van der Waals surface area contributed by atoms with Gasteiger partial charge in [-0.15, -0.1) is 0 Å². The van der Waals surface area contributed by atoms with Gasteiger partial charge >= 0.3 is 0 Å². The van der Waals surface area contributed by atoms with Crippen molar-refractivity contribution in [3.05, 3.63) is 0 Å². The number of rotatable bonds is 5. The standard InChI is InChI=1S/C4H10O5S3/c1-11(5,6)10-3-2-4-12(7,8)9/h2-4H2,1H3,(H,7,8,9). The highest BCUT2D eigenvalue weighted by atomic mass is 33.1. The molecule has 0 fully saturated rings. The fourth-order valence-electron chi connectivity index (χ4n) is 0.452. The van der Waals surface area contributed by atoms with E-state index in [0.29, 0.717) is 10.8 Å². The van der Waals surface area contributed by atoms with E-state index in [1.165, 1.54) is 0 Å². The Morgan fingerprint density at radius 2 is 1.75 bits per heavy atom. The van der Waals surface area contributed by atoms with Crippen molar-refractivity contribution in [2.75, 3.05) is 17.8 Å². The average Bonchev–Trinajstić information content (AvgIpc) is 1.76. The van der Waals surface area contributed by atoms with Crippen LogP contribution in [0, 0.1) is 0 Å². The van der Waals surface area contributed by atoms with Crippen molar-refractivity contribution < 1.29 is 21.4 Å². The van der Waals surface area contributed by atoms with Crippen molar-refractivity contribution in [1.29, 1.82) is 0 Å². The monoisotopic (exact) mass is 234 g/mol. The van der Waals surface area contributed by atoms with E-state index in [0.717, 1.165) is 6.26 Å². The molecule has 0 unspecified atom stereocenters. The van der Waals surface area contributed by atoms with E-state index in [-0.39, 0.29) is 12.2 Å². The van der Waals surface area contributed by atoms with Crippen LogP contribution in [-0.4, -0.2) is 39.1 Å². The minimum absolute atomic E-state index is 0.135. The van der Waals surface area contributed by atoms with Gasteiger partial charge in [0.15, 0.2) is 8.87 Å². The van der Waals surface area contributed by atoms with Crippen molar-refractivity contribution >= 4 is 29.8 Å². The van der Waals surface area contributed by atoms with E-state index in [1.54, 1.807) is 0 Å². The minimum atomic E-state index is -3.95. The Morgan fingerprint density at radius 3 is 2.08 bits per heavy atom. The van der Waals surface area contributed by atoms with E-state index >= 15 is 0 Å². The lowest BCUT2D eigenvalue weighted by atomic mass is 10.6. The molecular formula is C4H10O5S3. The van der Waals surface area contributed by atoms with Gasteiger partial charge in [-0.2, -0.15) is 8.42 Å². The van der Waals surface area contributed by atoms with Crippen LogP contribution in [-0.2, 0) is 19.0 Å². The molecule has 8 heteroatoms. The van der Waals surface area contributed by atoms with Crippen LogP contribution >= 0.6 is 10.8 Å². The van der Waals surface area contributed by atoms with Crippen LogP contribution < -0.4 is 0 Å². The Bertz CT molecular complexity index is 279. The van der Waals surface area contributed by atoms with Gasteiger partial charge in [-0.05, 0) is 17.2 Å². The predicted octanol–water partition coefficient (Wildman–Crippen LogP) is -0.0429. The predicted molar refractivity (Wildman–Crippen MR) is 48.3 cm³/mol. The smallest absolute Gasteiger partial charge is 0.264 e. The fraction of sp³-hybridized carbons (Fsp3) is 1.00. The average molecular weight is 234 g/mol. The van der Waals surface area contributed by atoms with E-state index < -0.39 is 24.7 Å². The molecule has 0 aromatic rings. The van der Waals surface area contributed by atoms with Crippen LogP contribution in [0.3, 0.4) is 0 Å². The molecule has 0 spiro atoms. The van der Waals surface area contributed by atoms with Gasteiger partial charge in [-0.25, -0.2) is 8.42 Å². The summed E-state index contributed by atoms with van der Waals surface area (Å²) in [4.78, 5) is 0. The van der Waals surface area contributed by atoms with Crippen LogP contribution in [0.2, 0.25) is 0 Å². The first-order chi connectivity index (χ1) is 5.21. The molecule has 0 amide bonds. The SMILES string of the molecule is CS(=O)(=O)SCCCS(=O)(=O)O. The third kappa shape index (κ3) is 10.2. The maximum Gasteiger partial charge on any atom is 0.264 e. The minimum Gasteiger partial charge on any atom is -0.286 e. The molecule has 0 atom stereocenters. The van der Waals surface area contributed by atoms with Gasteiger partial charge < -0.3 is 0 Å². The zero-order valence-corrected chi connectivity index (χ0v) is 8.88. The van der Waals surface area contributed by atoms with Crippen LogP contribution in [0.25, 0.3) is 0 Å². The van der Waals surface area contributed by atoms with Crippen molar-refractivity contribution in [2.45, 2.75) is 6.42 Å². The Balaban J connectivity index is 3.62. The summed E-state index contributed by atoms with van der Waals surface area (Å²) in [6.07, 6.45) is 1.18. The topological polar surface area (TPSA) is 88.5 Å². The molecule has 1 N–H and O–H groups in total. The lowest BCUT2D eigenvalue weighted by Gasteiger charge is -1.96. The van der Waals surface area contributed by atoms with Gasteiger partial charge in [-0.1, -0.05) is 0 Å². The molecule has 0 aliphatic heterocycles. The molecule has 0 aromatic heterocycles. The van der Waals surface area contributed by atoms with E-state index in [4.69, 9.17) is 4.55 Å². The summed E-state index contributed by atoms with van der Waals surface area (Å²) < 4.78 is 49.6. The molecule has 0 saturated carbocycles. The van der Waals surface area contributed by atoms with E-state index in [9.17, 15) is 16.8 Å². The number of hydrogen-bond acceptors (Lipinski definition) is 5. The lowest BCUT2D eigenvalue weighted by molar-refractivity contribution is 0.482. The van der Waals surface area contributed by atoms with E-state index in [2.05, 4.69) is 0 Å². The fourth-order valence-corrected chi connectivity index (χ4v) is 2.97. The second-order valence-electron chi connectivity index (χ2n) is 2.17. The van der Waals surface area contributed by atoms with Crippen LogP contribution in [0.15, 0.2) is 0 Å². The Kier molecular flexibility index (Phi) is 4.53. The summed E-state index contributed by atoms with van der Waals surface area (Å²) in [7, 11) is -6.38. The Hall–Kier alpha value is 0.210. The van der Waals surface area contributed by atoms with Crippen LogP contribution in [0.1, 0.15) is 6.42 Å². The first-order valence-corrected chi connectivity index (χ1v) is 8.00. The Morgan fingerprint density at radius 1 is 1.25 bits per heavy atom. The zero-order valence-electron chi connectivity index (χ0n) is 6.43. The van der Waals surface area contributed by atoms with Crippen molar-refractivity contribution in [1.82, 2.24) is 0 Å². The molecule has 74 valence electrons. The molecule has 12 heavy (non-hydrogen) atoms. The first-order valence-electron chi connectivity index (χ1n) is 3.00. The van der Waals surface area contributed by atoms with Gasteiger partial charge in [0.1, 0.15) is 0 Å². The molecule has 0 aromatic carbocycles. The zero-order chi connectivity index (χ0) is 9.83.